The molecule has 1 aromatic heterocycles. The minimum Gasteiger partial charge on any atom is -0.332 e. The third kappa shape index (κ3) is 2.57. The van der Waals surface area contributed by atoms with E-state index in [4.69, 9.17) is 0 Å². The van der Waals surface area contributed by atoms with Crippen molar-refractivity contribution in [2.45, 2.75) is 18.9 Å². The Bertz CT molecular complexity index is 615. The van der Waals surface area contributed by atoms with Gasteiger partial charge >= 0.3 is 0 Å². The van der Waals surface area contributed by atoms with Crippen LogP contribution in [0.25, 0.3) is 0 Å². The van der Waals surface area contributed by atoms with Gasteiger partial charge in [0.1, 0.15) is 0 Å². The van der Waals surface area contributed by atoms with E-state index in [-0.39, 0.29) is 11.9 Å². The smallest absolute Gasteiger partial charge is 0.255 e. The molecule has 3 rings (SSSR count). The number of hydrogen-bond acceptors (Lipinski definition) is 2. The van der Waals surface area contributed by atoms with E-state index < -0.39 is 0 Å². The van der Waals surface area contributed by atoms with Gasteiger partial charge in [0, 0.05) is 22.5 Å². The van der Waals surface area contributed by atoms with E-state index in [1.54, 1.807) is 12.4 Å². The summed E-state index contributed by atoms with van der Waals surface area (Å²) in [7, 11) is 0. The molecule has 0 radical (unpaired) electrons. The van der Waals surface area contributed by atoms with Crippen molar-refractivity contribution >= 4 is 28.5 Å². The number of nitrogens with zero attached hydrogens (tertiary/aromatic N) is 2. The van der Waals surface area contributed by atoms with Gasteiger partial charge in [-0.05, 0) is 65.3 Å². The van der Waals surface area contributed by atoms with Gasteiger partial charge in [-0.2, -0.15) is 0 Å². The molecule has 20 heavy (non-hydrogen) atoms. The van der Waals surface area contributed by atoms with Crippen LogP contribution in [0.3, 0.4) is 0 Å². The number of halogens is 1. The van der Waals surface area contributed by atoms with Crippen LogP contribution in [-0.2, 0) is 0 Å². The zero-order chi connectivity index (χ0) is 13.9. The lowest BCUT2D eigenvalue weighted by molar-refractivity contribution is 0.0734. The molecule has 0 N–H and O–H groups in total. The fourth-order valence-electron chi connectivity index (χ4n) is 2.73. The second kappa shape index (κ2) is 5.91. The fraction of sp³-hybridized carbons (Fsp3) is 0.250. The molecule has 4 heteroatoms. The van der Waals surface area contributed by atoms with Gasteiger partial charge in [0.15, 0.2) is 0 Å². The summed E-state index contributed by atoms with van der Waals surface area (Å²) in [6, 6.07) is 12.0. The number of benzene rings is 1. The number of pyridine rings is 1. The Balaban J connectivity index is 1.90. The molecule has 0 bridgehead atoms. The van der Waals surface area contributed by atoms with E-state index in [1.165, 1.54) is 5.56 Å². The van der Waals surface area contributed by atoms with Gasteiger partial charge in [0.2, 0.25) is 0 Å². The van der Waals surface area contributed by atoms with Crippen LogP contribution in [-0.4, -0.2) is 22.3 Å². The summed E-state index contributed by atoms with van der Waals surface area (Å²) < 4.78 is 1.01. The van der Waals surface area contributed by atoms with Gasteiger partial charge in [-0.1, -0.05) is 12.1 Å². The number of aromatic nitrogens is 1. The van der Waals surface area contributed by atoms with Crippen LogP contribution in [0.1, 0.15) is 34.8 Å². The highest BCUT2D eigenvalue weighted by molar-refractivity contribution is 14.1. The highest BCUT2D eigenvalue weighted by Crippen LogP contribution is 2.33. The Labute approximate surface area is 132 Å². The minimum absolute atomic E-state index is 0.134. The van der Waals surface area contributed by atoms with E-state index in [9.17, 15) is 4.79 Å². The van der Waals surface area contributed by atoms with Crippen molar-refractivity contribution in [3.63, 3.8) is 0 Å². The summed E-state index contributed by atoms with van der Waals surface area (Å²) >= 11 is 2.23. The molecule has 1 fully saturated rings. The number of rotatable bonds is 2. The van der Waals surface area contributed by atoms with E-state index in [1.807, 2.05) is 41.3 Å². The highest BCUT2D eigenvalue weighted by Gasteiger charge is 2.31. The lowest BCUT2D eigenvalue weighted by atomic mass is 10.1. The molecule has 1 saturated heterocycles. The van der Waals surface area contributed by atoms with Crippen LogP contribution < -0.4 is 0 Å². The number of carbonyl (C=O) groups excluding carboxylic acids is 1. The fourth-order valence-corrected chi connectivity index (χ4v) is 3.35. The van der Waals surface area contributed by atoms with E-state index in [2.05, 4.69) is 27.6 Å². The molecule has 1 atom stereocenters. The van der Waals surface area contributed by atoms with Gasteiger partial charge < -0.3 is 4.90 Å². The monoisotopic (exact) mass is 378 g/mol. The molecule has 1 aliphatic rings. The number of carbonyl (C=O) groups is 1. The molecule has 2 heterocycles. The minimum atomic E-state index is 0.134. The van der Waals surface area contributed by atoms with Crippen molar-refractivity contribution < 1.29 is 4.79 Å². The summed E-state index contributed by atoms with van der Waals surface area (Å²) in [5.74, 6) is 0.134. The lowest BCUT2D eigenvalue weighted by Gasteiger charge is -2.25. The molecule has 0 saturated carbocycles. The van der Waals surface area contributed by atoms with Crippen LogP contribution in [0.5, 0.6) is 0 Å². The van der Waals surface area contributed by atoms with Gasteiger partial charge in [-0.15, -0.1) is 0 Å². The molecule has 0 aliphatic carbocycles. The zero-order valence-corrected chi connectivity index (χ0v) is 13.2. The van der Waals surface area contributed by atoms with Gasteiger partial charge in [-0.3, -0.25) is 9.78 Å². The van der Waals surface area contributed by atoms with E-state index in [0.29, 0.717) is 0 Å². The first-order chi connectivity index (χ1) is 9.77. The topological polar surface area (TPSA) is 33.2 Å². The largest absolute Gasteiger partial charge is 0.332 e. The summed E-state index contributed by atoms with van der Waals surface area (Å²) in [5.41, 5.74) is 1.98. The molecule has 0 spiro atoms. The second-order valence-corrected chi connectivity index (χ2v) is 6.08. The van der Waals surface area contributed by atoms with Crippen LogP contribution in [0.4, 0.5) is 0 Å². The first kappa shape index (κ1) is 13.5. The standard InChI is InChI=1S/C16H15IN2O/c17-14-5-2-1-4-13(14)16(20)19-11-3-6-15(19)12-7-9-18-10-8-12/h1-2,4-5,7-10,15H,3,6,11H2/t15-/m1/s1. The molecular weight excluding hydrogens is 363 g/mol. The van der Waals surface area contributed by atoms with Gasteiger partial charge in [-0.25, -0.2) is 0 Å². The first-order valence-corrected chi connectivity index (χ1v) is 7.80. The Kier molecular flexibility index (Phi) is 4.00. The normalized spacial score (nSPS) is 18.2. The predicted molar refractivity (Wildman–Crippen MR) is 86.4 cm³/mol. The Morgan fingerprint density at radius 2 is 1.95 bits per heavy atom. The second-order valence-electron chi connectivity index (χ2n) is 4.92. The molecule has 102 valence electrons. The number of hydrogen-bond donors (Lipinski definition) is 0. The summed E-state index contributed by atoms with van der Waals surface area (Å²) in [4.78, 5) is 18.8. The van der Waals surface area contributed by atoms with Crippen LogP contribution in [0.15, 0.2) is 48.8 Å². The molecular formula is C16H15IN2O. The Hall–Kier alpha value is -1.43. The third-order valence-corrected chi connectivity index (χ3v) is 4.65. The maximum Gasteiger partial charge on any atom is 0.255 e. The molecule has 3 nitrogen and oxygen atoms in total. The summed E-state index contributed by atoms with van der Waals surface area (Å²) in [5, 5.41) is 0. The summed E-state index contributed by atoms with van der Waals surface area (Å²) in [6.45, 7) is 0.830. The molecule has 2 aromatic rings. The molecule has 0 unspecified atom stereocenters. The summed E-state index contributed by atoms with van der Waals surface area (Å²) in [6.07, 6.45) is 5.67. The van der Waals surface area contributed by atoms with Crippen LogP contribution >= 0.6 is 22.6 Å². The van der Waals surface area contributed by atoms with Crippen molar-refractivity contribution in [2.24, 2.45) is 0 Å². The van der Waals surface area contributed by atoms with Crippen molar-refractivity contribution in [2.75, 3.05) is 6.54 Å². The van der Waals surface area contributed by atoms with Crippen molar-refractivity contribution in [3.05, 3.63) is 63.5 Å². The van der Waals surface area contributed by atoms with Crippen molar-refractivity contribution in [1.29, 1.82) is 0 Å². The quantitative estimate of drug-likeness (QED) is 0.748. The van der Waals surface area contributed by atoms with Gasteiger partial charge in [0.05, 0.1) is 11.6 Å². The average molecular weight is 378 g/mol. The Morgan fingerprint density at radius 3 is 2.70 bits per heavy atom. The maximum absolute atomic E-state index is 12.8. The van der Waals surface area contributed by atoms with Crippen molar-refractivity contribution in [1.82, 2.24) is 9.88 Å². The first-order valence-electron chi connectivity index (χ1n) is 6.73. The molecule has 1 aliphatic heterocycles. The third-order valence-electron chi connectivity index (χ3n) is 3.71. The Morgan fingerprint density at radius 1 is 1.20 bits per heavy atom. The SMILES string of the molecule is O=C(c1ccccc1I)N1CCC[C@@H]1c1ccncc1. The maximum atomic E-state index is 12.8. The van der Waals surface area contributed by atoms with E-state index >= 15 is 0 Å². The van der Waals surface area contributed by atoms with Gasteiger partial charge in [0.25, 0.3) is 5.91 Å². The molecule has 1 amide bonds. The molecule has 1 aromatic carbocycles. The van der Waals surface area contributed by atoms with Crippen LogP contribution in [0, 0.1) is 3.57 Å². The zero-order valence-electron chi connectivity index (χ0n) is 11.0. The van der Waals surface area contributed by atoms with Crippen molar-refractivity contribution in [3.8, 4) is 0 Å². The predicted octanol–water partition coefficient (Wildman–Crippen LogP) is 3.66. The lowest BCUT2D eigenvalue weighted by Crippen LogP contribution is -2.31. The average Bonchev–Trinajstić information content (AvgIpc) is 2.97. The van der Waals surface area contributed by atoms with E-state index in [0.717, 1.165) is 28.5 Å². The van der Waals surface area contributed by atoms with Crippen LogP contribution in [0.2, 0.25) is 0 Å². The highest BCUT2D eigenvalue weighted by atomic mass is 127. The number of likely N-dealkylation sites (tertiary alicyclic amines) is 1. The number of amides is 1.